The monoisotopic (exact) mass is 222 g/mol. The second-order valence-corrected chi connectivity index (χ2v) is 4.65. The van der Waals surface area contributed by atoms with E-state index in [1.165, 1.54) is 38.5 Å². The molecule has 1 aliphatic carbocycles. The third-order valence-corrected chi connectivity index (χ3v) is 3.19. The van der Waals surface area contributed by atoms with E-state index in [2.05, 4.69) is 21.7 Å². The summed E-state index contributed by atoms with van der Waals surface area (Å²) in [6.45, 7) is 2.75. The Morgan fingerprint density at radius 2 is 1.94 bits per heavy atom. The summed E-state index contributed by atoms with van der Waals surface area (Å²) in [7, 11) is 0. The molecule has 2 N–H and O–H groups in total. The van der Waals surface area contributed by atoms with E-state index in [0.29, 0.717) is 12.6 Å². The zero-order valence-electron chi connectivity index (χ0n) is 10.2. The van der Waals surface area contributed by atoms with E-state index < -0.39 is 0 Å². The third kappa shape index (κ3) is 2.61. The molecular weight excluding hydrogens is 200 g/mol. The smallest absolute Gasteiger partial charge is 0.147 e. The Morgan fingerprint density at radius 3 is 2.56 bits per heavy atom. The van der Waals surface area contributed by atoms with Crippen LogP contribution in [0.5, 0.6) is 0 Å². The van der Waals surface area contributed by atoms with Crippen LogP contribution in [-0.4, -0.2) is 14.8 Å². The molecule has 0 atom stereocenters. The highest BCUT2D eigenvalue weighted by atomic mass is 15.3. The maximum atomic E-state index is 5.68. The molecule has 0 unspecified atom stereocenters. The predicted octanol–water partition coefficient (Wildman–Crippen LogP) is 2.19. The van der Waals surface area contributed by atoms with Gasteiger partial charge < -0.3 is 10.3 Å². The summed E-state index contributed by atoms with van der Waals surface area (Å²) < 4.78 is 2.28. The van der Waals surface area contributed by atoms with Crippen LogP contribution >= 0.6 is 0 Å². The Kier molecular flexibility index (Phi) is 3.93. The molecule has 16 heavy (non-hydrogen) atoms. The molecule has 1 aromatic heterocycles. The summed E-state index contributed by atoms with van der Waals surface area (Å²) >= 11 is 0. The second-order valence-electron chi connectivity index (χ2n) is 4.65. The van der Waals surface area contributed by atoms with Crippen molar-refractivity contribution in [2.24, 2.45) is 5.73 Å². The van der Waals surface area contributed by atoms with Crippen LogP contribution in [0.4, 0.5) is 0 Å². The Morgan fingerprint density at radius 1 is 1.19 bits per heavy atom. The molecular formula is C12H22N4. The van der Waals surface area contributed by atoms with Gasteiger partial charge in [0.25, 0.3) is 0 Å². The number of aromatic nitrogens is 3. The van der Waals surface area contributed by atoms with Gasteiger partial charge in [0.1, 0.15) is 11.6 Å². The maximum Gasteiger partial charge on any atom is 0.147 e. The van der Waals surface area contributed by atoms with Gasteiger partial charge in [-0.05, 0) is 19.3 Å². The van der Waals surface area contributed by atoms with Crippen LogP contribution in [0.2, 0.25) is 0 Å². The molecule has 0 bridgehead atoms. The normalized spacial score (nSPS) is 15.6. The van der Waals surface area contributed by atoms with E-state index in [-0.39, 0.29) is 0 Å². The molecule has 0 radical (unpaired) electrons. The molecule has 2 rings (SSSR count). The molecule has 4 nitrogen and oxygen atoms in total. The van der Waals surface area contributed by atoms with Crippen LogP contribution in [0.1, 0.15) is 63.1 Å². The molecule has 0 spiro atoms. The number of unbranched alkanes of at least 4 members (excludes halogenated alkanes) is 3. The van der Waals surface area contributed by atoms with Gasteiger partial charge in [0.2, 0.25) is 0 Å². The highest BCUT2D eigenvalue weighted by Gasteiger charge is 2.28. The minimum absolute atomic E-state index is 0.512. The van der Waals surface area contributed by atoms with Crippen LogP contribution in [0, 0.1) is 0 Å². The number of nitrogens with zero attached hydrogens (tertiary/aromatic N) is 3. The highest BCUT2D eigenvalue weighted by molar-refractivity contribution is 5.02. The van der Waals surface area contributed by atoms with E-state index in [1.807, 2.05) is 0 Å². The number of hydrogen-bond donors (Lipinski definition) is 1. The first kappa shape index (κ1) is 11.6. The fraction of sp³-hybridized carbons (Fsp3) is 0.833. The summed E-state index contributed by atoms with van der Waals surface area (Å²) in [5.41, 5.74) is 5.68. The molecule has 0 saturated heterocycles. The number of hydrogen-bond acceptors (Lipinski definition) is 3. The van der Waals surface area contributed by atoms with Crippen LogP contribution < -0.4 is 5.73 Å². The molecule has 0 aliphatic heterocycles. The minimum Gasteiger partial charge on any atom is -0.324 e. The van der Waals surface area contributed by atoms with Crippen molar-refractivity contribution in [1.29, 1.82) is 0 Å². The summed E-state index contributed by atoms with van der Waals surface area (Å²) in [5.74, 6) is 2.12. The van der Waals surface area contributed by atoms with E-state index in [4.69, 9.17) is 5.73 Å². The molecule has 0 aromatic carbocycles. The van der Waals surface area contributed by atoms with Crippen molar-refractivity contribution in [1.82, 2.24) is 14.8 Å². The Labute approximate surface area is 97.2 Å². The zero-order chi connectivity index (χ0) is 11.4. The Balaban J connectivity index is 1.94. The minimum atomic E-state index is 0.512. The summed E-state index contributed by atoms with van der Waals surface area (Å²) in [6.07, 6.45) is 8.73. The van der Waals surface area contributed by atoms with Gasteiger partial charge in [0, 0.05) is 12.5 Å². The average molecular weight is 222 g/mol. The molecule has 4 heteroatoms. The topological polar surface area (TPSA) is 56.7 Å². The fourth-order valence-corrected chi connectivity index (χ4v) is 2.13. The van der Waals surface area contributed by atoms with Crippen LogP contribution in [-0.2, 0) is 13.0 Å². The molecule has 90 valence electrons. The van der Waals surface area contributed by atoms with Crippen molar-refractivity contribution >= 4 is 0 Å². The highest BCUT2D eigenvalue weighted by Crippen LogP contribution is 2.36. The Bertz CT molecular complexity index is 328. The van der Waals surface area contributed by atoms with Gasteiger partial charge in [-0.3, -0.25) is 0 Å². The molecule has 1 aromatic rings. The number of nitrogens with two attached hydrogens (primary N) is 1. The van der Waals surface area contributed by atoms with Crippen molar-refractivity contribution in [3.63, 3.8) is 0 Å². The van der Waals surface area contributed by atoms with Crippen LogP contribution in [0.25, 0.3) is 0 Å². The largest absolute Gasteiger partial charge is 0.324 e. The lowest BCUT2D eigenvalue weighted by molar-refractivity contribution is 0.601. The van der Waals surface area contributed by atoms with E-state index in [0.717, 1.165) is 18.1 Å². The van der Waals surface area contributed by atoms with Gasteiger partial charge in [0.15, 0.2) is 0 Å². The van der Waals surface area contributed by atoms with Crippen molar-refractivity contribution in [3.8, 4) is 0 Å². The number of rotatable bonds is 7. The average Bonchev–Trinajstić information content (AvgIpc) is 3.06. The molecule has 1 saturated carbocycles. The van der Waals surface area contributed by atoms with E-state index in [9.17, 15) is 0 Å². The second kappa shape index (κ2) is 5.43. The molecule has 1 fully saturated rings. The van der Waals surface area contributed by atoms with Crippen molar-refractivity contribution < 1.29 is 0 Å². The van der Waals surface area contributed by atoms with Crippen molar-refractivity contribution in [2.45, 2.75) is 64.5 Å². The van der Waals surface area contributed by atoms with Gasteiger partial charge in [-0.15, -0.1) is 10.2 Å². The molecule has 1 heterocycles. The SMILES string of the molecule is CCCCCCc1nnc(CN)n1C1CC1. The quantitative estimate of drug-likeness (QED) is 0.719. The first-order valence-corrected chi connectivity index (χ1v) is 6.49. The summed E-state index contributed by atoms with van der Waals surface area (Å²) in [4.78, 5) is 0. The third-order valence-electron chi connectivity index (χ3n) is 3.19. The van der Waals surface area contributed by atoms with E-state index in [1.54, 1.807) is 0 Å². The predicted molar refractivity (Wildman–Crippen MR) is 64.0 cm³/mol. The van der Waals surface area contributed by atoms with Crippen molar-refractivity contribution in [2.75, 3.05) is 0 Å². The zero-order valence-corrected chi connectivity index (χ0v) is 10.2. The van der Waals surface area contributed by atoms with Crippen LogP contribution in [0.15, 0.2) is 0 Å². The van der Waals surface area contributed by atoms with E-state index >= 15 is 0 Å². The lowest BCUT2D eigenvalue weighted by Crippen LogP contribution is -2.09. The maximum absolute atomic E-state index is 5.68. The van der Waals surface area contributed by atoms with Crippen LogP contribution in [0.3, 0.4) is 0 Å². The lowest BCUT2D eigenvalue weighted by atomic mass is 10.1. The summed E-state index contributed by atoms with van der Waals surface area (Å²) in [6, 6.07) is 0.648. The van der Waals surface area contributed by atoms with Crippen molar-refractivity contribution in [3.05, 3.63) is 11.6 Å². The van der Waals surface area contributed by atoms with Gasteiger partial charge in [-0.25, -0.2) is 0 Å². The standard InChI is InChI=1S/C12H22N4/c1-2-3-4-5-6-11-14-15-12(9-13)16(11)10-7-8-10/h10H,2-9,13H2,1H3. The Hall–Kier alpha value is -0.900. The lowest BCUT2D eigenvalue weighted by Gasteiger charge is -2.07. The molecule has 1 aliphatic rings. The first-order valence-electron chi connectivity index (χ1n) is 6.49. The number of aryl methyl sites for hydroxylation is 1. The van der Waals surface area contributed by atoms with Gasteiger partial charge in [-0.1, -0.05) is 26.2 Å². The first-order chi connectivity index (χ1) is 7.86. The summed E-state index contributed by atoms with van der Waals surface area (Å²) in [5, 5.41) is 8.46. The van der Waals surface area contributed by atoms with Gasteiger partial charge in [0.05, 0.1) is 6.54 Å². The van der Waals surface area contributed by atoms with Gasteiger partial charge >= 0.3 is 0 Å². The molecule has 0 amide bonds. The van der Waals surface area contributed by atoms with Gasteiger partial charge in [-0.2, -0.15) is 0 Å². The fourth-order valence-electron chi connectivity index (χ4n) is 2.13.